The van der Waals surface area contributed by atoms with Gasteiger partial charge in [-0.1, -0.05) is 0 Å². The lowest BCUT2D eigenvalue weighted by atomic mass is 9.98. The first-order chi connectivity index (χ1) is 7.52. The van der Waals surface area contributed by atoms with Crippen LogP contribution in [-0.2, 0) is 14.2 Å². The topological polar surface area (TPSA) is 53.7 Å². The van der Waals surface area contributed by atoms with E-state index in [4.69, 9.17) is 19.9 Å². The Morgan fingerprint density at radius 1 is 1.06 bits per heavy atom. The van der Waals surface area contributed by atoms with E-state index in [0.29, 0.717) is 19.8 Å². The highest BCUT2D eigenvalue weighted by atomic mass is 16.5. The number of hydrogen-bond donors (Lipinski definition) is 1. The summed E-state index contributed by atoms with van der Waals surface area (Å²) in [4.78, 5) is 0. The summed E-state index contributed by atoms with van der Waals surface area (Å²) in [5.41, 5.74) is 5.91. The van der Waals surface area contributed by atoms with E-state index in [1.807, 2.05) is 0 Å². The van der Waals surface area contributed by atoms with E-state index in [0.717, 1.165) is 19.3 Å². The summed E-state index contributed by atoms with van der Waals surface area (Å²) in [7, 11) is 3.40. The van der Waals surface area contributed by atoms with Crippen LogP contribution in [0.25, 0.3) is 0 Å². The lowest BCUT2D eigenvalue weighted by molar-refractivity contribution is 0.0112. The molecule has 0 aliphatic rings. The van der Waals surface area contributed by atoms with Crippen molar-refractivity contribution in [2.24, 2.45) is 5.73 Å². The Balaban J connectivity index is 3.41. The standard InChI is InChI=1S/C12H27NO3/c1-12(2,15-4)7-5-11(13)6-8-16-10-9-14-3/h11H,5-10,13H2,1-4H3. The quantitative estimate of drug-likeness (QED) is 0.582. The van der Waals surface area contributed by atoms with Gasteiger partial charge in [-0.25, -0.2) is 0 Å². The molecule has 0 aromatic carbocycles. The molecule has 2 N–H and O–H groups in total. The SMILES string of the molecule is COCCOCCC(N)CCC(C)(C)OC. The van der Waals surface area contributed by atoms with E-state index in [1.54, 1.807) is 14.2 Å². The van der Waals surface area contributed by atoms with Gasteiger partial charge in [-0.15, -0.1) is 0 Å². The van der Waals surface area contributed by atoms with Crippen molar-refractivity contribution in [2.75, 3.05) is 34.0 Å². The molecule has 0 aromatic heterocycles. The normalized spacial score (nSPS) is 14.1. The van der Waals surface area contributed by atoms with Crippen molar-refractivity contribution in [1.82, 2.24) is 0 Å². The van der Waals surface area contributed by atoms with E-state index < -0.39 is 0 Å². The number of ether oxygens (including phenoxy) is 3. The summed E-state index contributed by atoms with van der Waals surface area (Å²) in [6.45, 7) is 6.15. The summed E-state index contributed by atoms with van der Waals surface area (Å²) in [6.07, 6.45) is 2.83. The number of methoxy groups -OCH3 is 2. The first-order valence-corrected chi connectivity index (χ1v) is 5.89. The predicted octanol–water partition coefficient (Wildman–Crippen LogP) is 1.57. The number of nitrogens with two attached hydrogens (primary N) is 1. The molecule has 98 valence electrons. The van der Waals surface area contributed by atoms with Gasteiger partial charge in [0.1, 0.15) is 0 Å². The molecule has 16 heavy (non-hydrogen) atoms. The second kappa shape index (κ2) is 8.93. The monoisotopic (exact) mass is 233 g/mol. The molecule has 4 heteroatoms. The Morgan fingerprint density at radius 2 is 1.75 bits per heavy atom. The van der Waals surface area contributed by atoms with Crippen LogP contribution in [0, 0.1) is 0 Å². The maximum absolute atomic E-state index is 5.98. The van der Waals surface area contributed by atoms with Crippen LogP contribution in [-0.4, -0.2) is 45.7 Å². The van der Waals surface area contributed by atoms with Crippen LogP contribution in [0.5, 0.6) is 0 Å². The fourth-order valence-electron chi connectivity index (χ4n) is 1.26. The maximum atomic E-state index is 5.98. The zero-order chi connectivity index (χ0) is 12.4. The third kappa shape index (κ3) is 9.09. The molecule has 1 atom stereocenters. The van der Waals surface area contributed by atoms with Crippen molar-refractivity contribution in [1.29, 1.82) is 0 Å². The molecule has 0 aliphatic heterocycles. The van der Waals surface area contributed by atoms with Gasteiger partial charge in [0, 0.05) is 26.9 Å². The summed E-state index contributed by atoms with van der Waals surface area (Å²) in [5, 5.41) is 0. The zero-order valence-corrected chi connectivity index (χ0v) is 11.1. The van der Waals surface area contributed by atoms with Crippen LogP contribution in [0.2, 0.25) is 0 Å². The van der Waals surface area contributed by atoms with Gasteiger partial charge in [-0.2, -0.15) is 0 Å². The molecule has 0 fully saturated rings. The predicted molar refractivity (Wildman–Crippen MR) is 65.6 cm³/mol. The minimum Gasteiger partial charge on any atom is -0.382 e. The van der Waals surface area contributed by atoms with Gasteiger partial charge in [0.05, 0.1) is 18.8 Å². The van der Waals surface area contributed by atoms with Gasteiger partial charge in [-0.3, -0.25) is 0 Å². The molecule has 1 unspecified atom stereocenters. The Labute approximate surface area is 99.4 Å². The highest BCUT2D eigenvalue weighted by Gasteiger charge is 2.17. The van der Waals surface area contributed by atoms with Crippen molar-refractivity contribution in [3.8, 4) is 0 Å². The molecule has 0 spiro atoms. The fraction of sp³-hybridized carbons (Fsp3) is 1.00. The Bertz CT molecular complexity index is 162. The van der Waals surface area contributed by atoms with E-state index in [2.05, 4.69) is 13.8 Å². The third-order valence-corrected chi connectivity index (χ3v) is 2.73. The van der Waals surface area contributed by atoms with Gasteiger partial charge in [0.2, 0.25) is 0 Å². The highest BCUT2D eigenvalue weighted by molar-refractivity contribution is 4.72. The molecule has 0 aromatic rings. The largest absolute Gasteiger partial charge is 0.382 e. The second-order valence-corrected chi connectivity index (χ2v) is 4.66. The molecule has 0 saturated carbocycles. The van der Waals surface area contributed by atoms with E-state index in [1.165, 1.54) is 0 Å². The summed E-state index contributed by atoms with van der Waals surface area (Å²) >= 11 is 0. The molecule has 0 heterocycles. The number of hydrogen-bond acceptors (Lipinski definition) is 4. The molecule has 0 bridgehead atoms. The van der Waals surface area contributed by atoms with Crippen LogP contribution >= 0.6 is 0 Å². The summed E-state index contributed by atoms with van der Waals surface area (Å²) in [5.74, 6) is 0. The van der Waals surface area contributed by atoms with Crippen molar-refractivity contribution in [3.05, 3.63) is 0 Å². The van der Waals surface area contributed by atoms with Crippen LogP contribution in [0.4, 0.5) is 0 Å². The molecular formula is C12H27NO3. The third-order valence-electron chi connectivity index (χ3n) is 2.73. The lowest BCUT2D eigenvalue weighted by Crippen LogP contribution is -2.29. The van der Waals surface area contributed by atoms with Crippen molar-refractivity contribution in [3.63, 3.8) is 0 Å². The molecule has 0 amide bonds. The van der Waals surface area contributed by atoms with Crippen LogP contribution in [0.3, 0.4) is 0 Å². The van der Waals surface area contributed by atoms with Gasteiger partial charge in [0.15, 0.2) is 0 Å². The molecule has 0 rings (SSSR count). The second-order valence-electron chi connectivity index (χ2n) is 4.66. The fourth-order valence-corrected chi connectivity index (χ4v) is 1.26. The average Bonchev–Trinajstić information content (AvgIpc) is 2.26. The minimum atomic E-state index is -0.0749. The van der Waals surface area contributed by atoms with Crippen molar-refractivity contribution in [2.45, 2.75) is 44.8 Å². The first-order valence-electron chi connectivity index (χ1n) is 5.89. The molecule has 0 aliphatic carbocycles. The Hall–Kier alpha value is -0.160. The first kappa shape index (κ1) is 15.8. The van der Waals surface area contributed by atoms with Crippen LogP contribution in [0.1, 0.15) is 33.1 Å². The molecule has 4 nitrogen and oxygen atoms in total. The van der Waals surface area contributed by atoms with Crippen LogP contribution in [0.15, 0.2) is 0 Å². The van der Waals surface area contributed by atoms with E-state index in [9.17, 15) is 0 Å². The lowest BCUT2D eigenvalue weighted by Gasteiger charge is -2.24. The average molecular weight is 233 g/mol. The van der Waals surface area contributed by atoms with Gasteiger partial charge < -0.3 is 19.9 Å². The Morgan fingerprint density at radius 3 is 2.31 bits per heavy atom. The number of rotatable bonds is 10. The molecule has 0 radical (unpaired) electrons. The summed E-state index contributed by atoms with van der Waals surface area (Å²) in [6, 6.07) is 0.192. The highest BCUT2D eigenvalue weighted by Crippen LogP contribution is 2.16. The smallest absolute Gasteiger partial charge is 0.0700 e. The van der Waals surface area contributed by atoms with Gasteiger partial charge in [-0.05, 0) is 33.1 Å². The van der Waals surface area contributed by atoms with Gasteiger partial charge in [0.25, 0.3) is 0 Å². The van der Waals surface area contributed by atoms with Crippen LogP contribution < -0.4 is 5.73 Å². The zero-order valence-electron chi connectivity index (χ0n) is 11.1. The van der Waals surface area contributed by atoms with Crippen molar-refractivity contribution >= 4 is 0 Å². The van der Waals surface area contributed by atoms with Gasteiger partial charge >= 0.3 is 0 Å². The summed E-state index contributed by atoms with van der Waals surface area (Å²) < 4.78 is 15.6. The molecule has 0 saturated heterocycles. The molecular weight excluding hydrogens is 206 g/mol. The van der Waals surface area contributed by atoms with E-state index >= 15 is 0 Å². The maximum Gasteiger partial charge on any atom is 0.0700 e. The van der Waals surface area contributed by atoms with Crippen molar-refractivity contribution < 1.29 is 14.2 Å². The minimum absolute atomic E-state index is 0.0749. The van der Waals surface area contributed by atoms with E-state index in [-0.39, 0.29) is 11.6 Å². The Kier molecular flexibility index (Phi) is 8.84.